The molecule has 3 aromatic rings. The van der Waals surface area contributed by atoms with Crippen molar-refractivity contribution >= 4 is 11.9 Å². The monoisotopic (exact) mass is 402 g/mol. The standard InChI is InChI=1S/C23H26N6O/c1-27(2)22-24-15-18-8-10-23(20(18)26-22)9-4-12-28(16-23)21(30)17-6-3-7-19(14-17)29-13-5-11-25-29/h3,5-7,11,13-15H,4,8-10,12,16H2,1-2H3. The molecule has 5 rings (SSSR count). The number of hydrogen-bond acceptors (Lipinski definition) is 5. The number of aryl methyl sites for hydroxylation is 1. The van der Waals surface area contributed by atoms with Gasteiger partial charge in [-0.1, -0.05) is 6.07 Å². The fraction of sp³-hybridized carbons (Fsp3) is 0.391. The van der Waals surface area contributed by atoms with E-state index in [9.17, 15) is 4.79 Å². The molecule has 154 valence electrons. The van der Waals surface area contributed by atoms with Gasteiger partial charge in [-0.15, -0.1) is 0 Å². The molecule has 1 unspecified atom stereocenters. The van der Waals surface area contributed by atoms with Crippen molar-refractivity contribution in [2.24, 2.45) is 0 Å². The lowest BCUT2D eigenvalue weighted by molar-refractivity contribution is 0.0633. The van der Waals surface area contributed by atoms with Gasteiger partial charge in [-0.2, -0.15) is 5.10 Å². The molecule has 2 aromatic heterocycles. The fourth-order valence-corrected chi connectivity index (χ4v) is 4.84. The molecule has 0 saturated carbocycles. The minimum absolute atomic E-state index is 0.0590. The Bertz CT molecular complexity index is 1070. The van der Waals surface area contributed by atoms with Crippen LogP contribution in [0.3, 0.4) is 0 Å². The number of anilines is 1. The first-order chi connectivity index (χ1) is 14.6. The van der Waals surface area contributed by atoms with E-state index in [2.05, 4.69) is 10.1 Å². The van der Waals surface area contributed by atoms with Gasteiger partial charge in [-0.05, 0) is 55.5 Å². The van der Waals surface area contributed by atoms with Crippen LogP contribution < -0.4 is 4.90 Å². The molecule has 1 amide bonds. The van der Waals surface area contributed by atoms with Crippen LogP contribution in [-0.2, 0) is 11.8 Å². The maximum absolute atomic E-state index is 13.4. The summed E-state index contributed by atoms with van der Waals surface area (Å²) in [4.78, 5) is 26.8. The van der Waals surface area contributed by atoms with Gasteiger partial charge in [0.25, 0.3) is 5.91 Å². The minimum atomic E-state index is -0.0590. The van der Waals surface area contributed by atoms with E-state index in [1.54, 1.807) is 10.9 Å². The van der Waals surface area contributed by atoms with Gasteiger partial charge in [0.15, 0.2) is 0 Å². The van der Waals surface area contributed by atoms with Gasteiger partial charge >= 0.3 is 0 Å². The van der Waals surface area contributed by atoms with Crippen LogP contribution in [0.15, 0.2) is 48.9 Å². The molecule has 30 heavy (non-hydrogen) atoms. The number of benzene rings is 1. The molecule has 1 aliphatic heterocycles. The Balaban J connectivity index is 1.43. The summed E-state index contributed by atoms with van der Waals surface area (Å²) in [6.45, 7) is 1.50. The van der Waals surface area contributed by atoms with Crippen molar-refractivity contribution in [2.45, 2.75) is 31.1 Å². The molecule has 1 aromatic carbocycles. The third-order valence-corrected chi connectivity index (χ3v) is 6.35. The smallest absolute Gasteiger partial charge is 0.253 e. The van der Waals surface area contributed by atoms with Crippen molar-refractivity contribution in [1.82, 2.24) is 24.6 Å². The van der Waals surface area contributed by atoms with Crippen molar-refractivity contribution in [3.05, 3.63) is 65.7 Å². The summed E-state index contributed by atoms with van der Waals surface area (Å²) >= 11 is 0. The number of fused-ring (bicyclic) bond motifs is 2. The molecule has 2 aliphatic rings. The molecule has 0 bridgehead atoms. The molecule has 1 spiro atoms. The number of carbonyl (C=O) groups is 1. The summed E-state index contributed by atoms with van der Waals surface area (Å²) in [5.41, 5.74) is 3.91. The highest BCUT2D eigenvalue weighted by Crippen LogP contribution is 2.44. The lowest BCUT2D eigenvalue weighted by atomic mass is 9.77. The highest BCUT2D eigenvalue weighted by Gasteiger charge is 2.45. The molecule has 1 atom stereocenters. The Morgan fingerprint density at radius 1 is 1.20 bits per heavy atom. The normalized spacial score (nSPS) is 20.4. The van der Waals surface area contributed by atoms with Gasteiger partial charge in [-0.25, -0.2) is 14.6 Å². The maximum Gasteiger partial charge on any atom is 0.253 e. The Morgan fingerprint density at radius 3 is 2.90 bits per heavy atom. The number of piperidine rings is 1. The number of likely N-dealkylation sites (tertiary alicyclic amines) is 1. The van der Waals surface area contributed by atoms with Gasteiger partial charge in [-0.3, -0.25) is 4.79 Å². The van der Waals surface area contributed by atoms with Crippen LogP contribution in [0.5, 0.6) is 0 Å². The van der Waals surface area contributed by atoms with E-state index in [-0.39, 0.29) is 11.3 Å². The zero-order chi connectivity index (χ0) is 20.7. The Labute approximate surface area is 176 Å². The molecule has 1 fully saturated rings. The van der Waals surface area contributed by atoms with Crippen molar-refractivity contribution in [2.75, 3.05) is 32.1 Å². The second kappa shape index (κ2) is 7.23. The van der Waals surface area contributed by atoms with E-state index < -0.39 is 0 Å². The number of hydrogen-bond donors (Lipinski definition) is 0. The summed E-state index contributed by atoms with van der Waals surface area (Å²) in [7, 11) is 3.93. The average molecular weight is 403 g/mol. The second-order valence-corrected chi connectivity index (χ2v) is 8.55. The second-order valence-electron chi connectivity index (χ2n) is 8.55. The highest BCUT2D eigenvalue weighted by atomic mass is 16.2. The third-order valence-electron chi connectivity index (χ3n) is 6.35. The Hall–Kier alpha value is -3.22. The molecule has 1 aliphatic carbocycles. The zero-order valence-corrected chi connectivity index (χ0v) is 17.5. The number of aromatic nitrogens is 4. The Morgan fingerprint density at radius 2 is 2.10 bits per heavy atom. The van der Waals surface area contributed by atoms with Gasteiger partial charge < -0.3 is 9.80 Å². The van der Waals surface area contributed by atoms with Crippen LogP contribution in [-0.4, -0.2) is 57.7 Å². The quantitative estimate of drug-likeness (QED) is 0.674. The molecule has 3 heterocycles. The van der Waals surface area contributed by atoms with E-state index in [0.717, 1.165) is 49.6 Å². The number of rotatable bonds is 3. The van der Waals surface area contributed by atoms with Crippen molar-refractivity contribution in [1.29, 1.82) is 0 Å². The molecule has 7 nitrogen and oxygen atoms in total. The van der Waals surface area contributed by atoms with Crippen molar-refractivity contribution in [3.63, 3.8) is 0 Å². The minimum Gasteiger partial charge on any atom is -0.347 e. The topological polar surface area (TPSA) is 67.2 Å². The maximum atomic E-state index is 13.4. The van der Waals surface area contributed by atoms with Crippen molar-refractivity contribution < 1.29 is 4.79 Å². The van der Waals surface area contributed by atoms with Crippen LogP contribution in [0, 0.1) is 0 Å². The summed E-state index contributed by atoms with van der Waals surface area (Å²) in [6.07, 6.45) is 9.68. The summed E-state index contributed by atoms with van der Waals surface area (Å²) < 4.78 is 1.78. The third kappa shape index (κ3) is 3.14. The van der Waals surface area contributed by atoms with E-state index >= 15 is 0 Å². The first-order valence-electron chi connectivity index (χ1n) is 10.5. The summed E-state index contributed by atoms with van der Waals surface area (Å²) in [5.74, 6) is 0.823. The molecular formula is C23H26N6O. The zero-order valence-electron chi connectivity index (χ0n) is 17.5. The molecule has 0 radical (unpaired) electrons. The first-order valence-corrected chi connectivity index (χ1v) is 10.5. The fourth-order valence-electron chi connectivity index (χ4n) is 4.84. The average Bonchev–Trinajstić information content (AvgIpc) is 3.43. The lowest BCUT2D eigenvalue weighted by Crippen LogP contribution is -2.48. The van der Waals surface area contributed by atoms with Crippen LogP contribution in [0.4, 0.5) is 5.95 Å². The number of amides is 1. The molecule has 1 saturated heterocycles. The van der Waals surface area contributed by atoms with Gasteiger partial charge in [0, 0.05) is 56.8 Å². The first kappa shape index (κ1) is 18.8. The largest absolute Gasteiger partial charge is 0.347 e. The molecule has 0 N–H and O–H groups in total. The number of nitrogens with zero attached hydrogens (tertiary/aromatic N) is 6. The van der Waals surface area contributed by atoms with E-state index in [0.29, 0.717) is 12.1 Å². The predicted molar refractivity (Wildman–Crippen MR) is 115 cm³/mol. The highest BCUT2D eigenvalue weighted by molar-refractivity contribution is 5.95. The SMILES string of the molecule is CN(C)c1ncc2c(n1)C1(CCCN(C(=O)c3cccc(-n4cccn4)c3)C1)CC2. The van der Waals surface area contributed by atoms with Gasteiger partial charge in [0.2, 0.25) is 5.95 Å². The summed E-state index contributed by atoms with van der Waals surface area (Å²) in [6, 6.07) is 9.58. The van der Waals surface area contributed by atoms with Crippen LogP contribution in [0.25, 0.3) is 5.69 Å². The van der Waals surface area contributed by atoms with Gasteiger partial charge in [0.05, 0.1) is 11.4 Å². The predicted octanol–water partition coefficient (Wildman–Crippen LogP) is 2.85. The van der Waals surface area contributed by atoms with E-state index in [1.807, 2.05) is 66.6 Å². The van der Waals surface area contributed by atoms with Crippen LogP contribution in [0.1, 0.15) is 40.9 Å². The number of carbonyl (C=O) groups excluding carboxylic acids is 1. The summed E-state index contributed by atoms with van der Waals surface area (Å²) in [5, 5.41) is 4.28. The van der Waals surface area contributed by atoms with E-state index in [1.165, 1.54) is 5.56 Å². The van der Waals surface area contributed by atoms with Crippen LogP contribution >= 0.6 is 0 Å². The van der Waals surface area contributed by atoms with Gasteiger partial charge in [0.1, 0.15) is 0 Å². The molecular weight excluding hydrogens is 376 g/mol. The van der Waals surface area contributed by atoms with Crippen molar-refractivity contribution in [3.8, 4) is 5.69 Å². The van der Waals surface area contributed by atoms with E-state index in [4.69, 9.17) is 4.98 Å². The lowest BCUT2D eigenvalue weighted by Gasteiger charge is -2.40. The van der Waals surface area contributed by atoms with Crippen LogP contribution in [0.2, 0.25) is 0 Å². The Kier molecular flexibility index (Phi) is 4.53. The molecule has 7 heteroatoms.